The first kappa shape index (κ1) is 13.9. The number of benzene rings is 2. The van der Waals surface area contributed by atoms with Crippen molar-refractivity contribution in [1.82, 2.24) is 0 Å². The number of halogens is 2. The molecule has 0 atom stereocenters. The summed E-state index contributed by atoms with van der Waals surface area (Å²) in [5, 5.41) is 18.0. The van der Waals surface area contributed by atoms with Gasteiger partial charge in [0.1, 0.15) is 18.2 Å². The number of rotatable bonds is 4. The van der Waals surface area contributed by atoms with E-state index in [1.165, 1.54) is 0 Å². The van der Waals surface area contributed by atoms with Crippen LogP contribution in [0.1, 0.15) is 5.56 Å². The third-order valence-corrected chi connectivity index (χ3v) is 2.86. The Hall–Kier alpha value is -1.56. The smallest absolute Gasteiger partial charge is 0.487 e. The maximum Gasteiger partial charge on any atom is 0.491 e. The first-order valence-corrected chi connectivity index (χ1v) is 5.97. The summed E-state index contributed by atoms with van der Waals surface area (Å²) in [6.07, 6.45) is 0. The normalized spacial score (nSPS) is 10.3. The molecule has 3 nitrogen and oxygen atoms in total. The minimum atomic E-state index is -1.90. The maximum atomic E-state index is 13.5. The number of hydrogen-bond donors (Lipinski definition) is 2. The summed E-state index contributed by atoms with van der Waals surface area (Å²) in [5.74, 6) is -0.616. The maximum absolute atomic E-state index is 13.5. The van der Waals surface area contributed by atoms with Crippen LogP contribution < -0.4 is 10.2 Å². The molecule has 0 aliphatic carbocycles. The van der Waals surface area contributed by atoms with Gasteiger partial charge in [-0.3, -0.25) is 0 Å². The van der Waals surface area contributed by atoms with Crippen molar-refractivity contribution < 1.29 is 19.2 Å². The number of ether oxygens (including phenoxy) is 1. The monoisotopic (exact) mass is 280 g/mol. The average Bonchev–Trinajstić information content (AvgIpc) is 2.40. The first-order chi connectivity index (χ1) is 9.08. The molecule has 0 aliphatic rings. The molecule has 6 heteroatoms. The van der Waals surface area contributed by atoms with Gasteiger partial charge >= 0.3 is 7.12 Å². The SMILES string of the molecule is OB(O)c1cc(Cl)c(OCc2ccccc2)cc1F. The molecule has 0 bridgehead atoms. The molecule has 0 spiro atoms. The van der Waals surface area contributed by atoms with Gasteiger partial charge in [-0.2, -0.15) is 0 Å². The van der Waals surface area contributed by atoms with Gasteiger partial charge in [0.2, 0.25) is 0 Å². The van der Waals surface area contributed by atoms with Crippen molar-refractivity contribution in [2.45, 2.75) is 6.61 Å². The lowest BCUT2D eigenvalue weighted by Crippen LogP contribution is -2.32. The van der Waals surface area contributed by atoms with E-state index < -0.39 is 12.9 Å². The van der Waals surface area contributed by atoms with Gasteiger partial charge in [-0.05, 0) is 11.6 Å². The molecule has 0 unspecified atom stereocenters. The molecule has 2 rings (SSSR count). The Bertz CT molecular complexity index is 563. The summed E-state index contributed by atoms with van der Waals surface area (Å²) in [6, 6.07) is 11.5. The zero-order chi connectivity index (χ0) is 13.8. The van der Waals surface area contributed by atoms with Crippen LogP contribution in [0.15, 0.2) is 42.5 Å². The van der Waals surface area contributed by atoms with Gasteiger partial charge in [-0.15, -0.1) is 0 Å². The third-order valence-electron chi connectivity index (χ3n) is 2.57. The molecule has 0 saturated carbocycles. The van der Waals surface area contributed by atoms with Crippen molar-refractivity contribution in [3.05, 3.63) is 58.9 Å². The van der Waals surface area contributed by atoms with E-state index in [4.69, 9.17) is 26.4 Å². The minimum Gasteiger partial charge on any atom is -0.487 e. The summed E-state index contributed by atoms with van der Waals surface area (Å²) < 4.78 is 19.0. The molecule has 0 aromatic heterocycles. The van der Waals surface area contributed by atoms with Gasteiger partial charge in [0.15, 0.2) is 0 Å². The molecule has 0 radical (unpaired) electrons. The van der Waals surface area contributed by atoms with Gasteiger partial charge < -0.3 is 14.8 Å². The van der Waals surface area contributed by atoms with E-state index in [-0.39, 0.29) is 22.8 Å². The van der Waals surface area contributed by atoms with Crippen LogP contribution >= 0.6 is 11.6 Å². The molecule has 2 aromatic carbocycles. The molecule has 0 heterocycles. The summed E-state index contributed by atoms with van der Waals surface area (Å²) in [4.78, 5) is 0. The van der Waals surface area contributed by atoms with Crippen LogP contribution in [0.3, 0.4) is 0 Å². The van der Waals surface area contributed by atoms with Crippen LogP contribution in [0.25, 0.3) is 0 Å². The molecular formula is C13H11BClFO3. The second-order valence-electron chi connectivity index (χ2n) is 3.95. The van der Waals surface area contributed by atoms with Crippen LogP contribution in [0.5, 0.6) is 5.75 Å². The molecular weight excluding hydrogens is 269 g/mol. The Balaban J connectivity index is 2.15. The van der Waals surface area contributed by atoms with E-state index >= 15 is 0 Å². The topological polar surface area (TPSA) is 49.7 Å². The van der Waals surface area contributed by atoms with Crippen molar-refractivity contribution in [3.8, 4) is 5.75 Å². The van der Waals surface area contributed by atoms with Crippen molar-refractivity contribution in [2.24, 2.45) is 0 Å². The van der Waals surface area contributed by atoms with Crippen molar-refractivity contribution >= 4 is 24.2 Å². The predicted molar refractivity (Wildman–Crippen MR) is 72.0 cm³/mol. The summed E-state index contributed by atoms with van der Waals surface area (Å²) in [5.41, 5.74) is 0.641. The lowest BCUT2D eigenvalue weighted by atomic mass is 9.80. The summed E-state index contributed by atoms with van der Waals surface area (Å²) in [6.45, 7) is 0.251. The number of hydrogen-bond acceptors (Lipinski definition) is 3. The Morgan fingerprint density at radius 2 is 1.84 bits per heavy atom. The van der Waals surface area contributed by atoms with Gasteiger partial charge in [-0.25, -0.2) is 4.39 Å². The summed E-state index contributed by atoms with van der Waals surface area (Å²) in [7, 11) is -1.90. The third kappa shape index (κ3) is 3.47. The van der Waals surface area contributed by atoms with Crippen molar-refractivity contribution in [1.29, 1.82) is 0 Å². The fourth-order valence-electron chi connectivity index (χ4n) is 1.59. The van der Waals surface area contributed by atoms with E-state index in [1.807, 2.05) is 30.3 Å². The van der Waals surface area contributed by atoms with E-state index in [1.54, 1.807) is 0 Å². The Labute approximate surface area is 115 Å². The largest absolute Gasteiger partial charge is 0.491 e. The van der Waals surface area contributed by atoms with Gasteiger partial charge in [-0.1, -0.05) is 41.9 Å². The zero-order valence-corrected chi connectivity index (χ0v) is 10.6. The fourth-order valence-corrected chi connectivity index (χ4v) is 1.81. The average molecular weight is 280 g/mol. The molecule has 0 aliphatic heterocycles. The van der Waals surface area contributed by atoms with Crippen LogP contribution in [0.4, 0.5) is 4.39 Å². The second-order valence-corrected chi connectivity index (χ2v) is 4.36. The molecule has 2 aromatic rings. The van der Waals surface area contributed by atoms with E-state index in [2.05, 4.69) is 0 Å². The Morgan fingerprint density at radius 1 is 1.16 bits per heavy atom. The fraction of sp³-hybridized carbons (Fsp3) is 0.0769. The highest BCUT2D eigenvalue weighted by Crippen LogP contribution is 2.25. The van der Waals surface area contributed by atoms with E-state index in [9.17, 15) is 4.39 Å². The van der Waals surface area contributed by atoms with Crippen molar-refractivity contribution in [3.63, 3.8) is 0 Å². The molecule has 0 fully saturated rings. The molecule has 0 amide bonds. The molecule has 98 valence electrons. The molecule has 2 N–H and O–H groups in total. The lowest BCUT2D eigenvalue weighted by molar-refractivity contribution is 0.305. The molecule has 0 saturated heterocycles. The summed E-state index contributed by atoms with van der Waals surface area (Å²) >= 11 is 5.90. The Kier molecular flexibility index (Phi) is 4.42. The second kappa shape index (κ2) is 6.06. The van der Waals surface area contributed by atoms with Crippen LogP contribution in [0, 0.1) is 5.82 Å². The quantitative estimate of drug-likeness (QED) is 0.839. The van der Waals surface area contributed by atoms with E-state index in [0.717, 1.165) is 17.7 Å². The van der Waals surface area contributed by atoms with Crippen molar-refractivity contribution in [2.75, 3.05) is 0 Å². The highest BCUT2D eigenvalue weighted by molar-refractivity contribution is 6.59. The van der Waals surface area contributed by atoms with Crippen LogP contribution in [-0.2, 0) is 6.61 Å². The van der Waals surface area contributed by atoms with Crippen LogP contribution in [-0.4, -0.2) is 17.2 Å². The zero-order valence-electron chi connectivity index (χ0n) is 9.88. The van der Waals surface area contributed by atoms with E-state index in [0.29, 0.717) is 0 Å². The van der Waals surface area contributed by atoms with Crippen LogP contribution in [0.2, 0.25) is 5.02 Å². The van der Waals surface area contributed by atoms with Gasteiger partial charge in [0.05, 0.1) is 5.02 Å². The molecule has 19 heavy (non-hydrogen) atoms. The minimum absolute atomic E-state index is 0.125. The Morgan fingerprint density at radius 3 is 2.47 bits per heavy atom. The van der Waals surface area contributed by atoms with Gasteiger partial charge in [0.25, 0.3) is 0 Å². The lowest BCUT2D eigenvalue weighted by Gasteiger charge is -2.10. The van der Waals surface area contributed by atoms with Gasteiger partial charge in [0, 0.05) is 11.5 Å². The first-order valence-electron chi connectivity index (χ1n) is 5.59. The highest BCUT2D eigenvalue weighted by atomic mass is 35.5. The highest BCUT2D eigenvalue weighted by Gasteiger charge is 2.19. The standard InChI is InChI=1S/C13H11BClFO3/c15-11-6-10(14(17)18)12(16)7-13(11)19-8-9-4-2-1-3-5-9/h1-7,17-18H,8H2. The predicted octanol–water partition coefficient (Wildman–Crippen LogP) is 1.74.